The zero-order valence-electron chi connectivity index (χ0n) is 17.1. The molecule has 4 rings (SSSR count). The Morgan fingerprint density at radius 2 is 1.76 bits per heavy atom. The zero-order valence-corrected chi connectivity index (χ0v) is 17.1. The van der Waals surface area contributed by atoms with Crippen LogP contribution in [0, 0.1) is 11.8 Å². The fourth-order valence-corrected chi connectivity index (χ4v) is 4.55. The molecule has 1 aliphatic heterocycles. The molecule has 1 saturated heterocycles. The van der Waals surface area contributed by atoms with E-state index in [0.29, 0.717) is 17.4 Å². The molecule has 2 aromatic rings. The largest absolute Gasteiger partial charge is 0.337 e. The first-order valence-corrected chi connectivity index (χ1v) is 10.8. The van der Waals surface area contributed by atoms with Crippen molar-refractivity contribution in [3.8, 4) is 0 Å². The highest BCUT2D eigenvalue weighted by molar-refractivity contribution is 5.96. The second-order valence-electron chi connectivity index (χ2n) is 8.43. The predicted octanol–water partition coefficient (Wildman–Crippen LogP) is 3.64. The van der Waals surface area contributed by atoms with Crippen LogP contribution in [0.3, 0.4) is 0 Å². The van der Waals surface area contributed by atoms with Crippen LogP contribution in [0.15, 0.2) is 36.4 Å². The van der Waals surface area contributed by atoms with Crippen molar-refractivity contribution in [3.05, 3.63) is 47.7 Å². The summed E-state index contributed by atoms with van der Waals surface area (Å²) in [6.45, 7) is 1.52. The second-order valence-corrected chi connectivity index (χ2v) is 8.43. The number of hydrogen-bond acceptors (Lipinski definition) is 3. The molecule has 1 aromatic heterocycles. The van der Waals surface area contributed by atoms with E-state index in [9.17, 15) is 9.59 Å². The van der Waals surface area contributed by atoms with Gasteiger partial charge in [-0.3, -0.25) is 14.3 Å². The highest BCUT2D eigenvalue weighted by atomic mass is 16.2. The Balaban J connectivity index is 1.32. The van der Waals surface area contributed by atoms with E-state index in [1.54, 1.807) is 17.8 Å². The number of piperidine rings is 1. The third-order valence-corrected chi connectivity index (χ3v) is 6.35. The van der Waals surface area contributed by atoms with E-state index < -0.39 is 0 Å². The Hall–Kier alpha value is -2.63. The Bertz CT molecular complexity index is 847. The van der Waals surface area contributed by atoms with Gasteiger partial charge in [-0.25, -0.2) is 0 Å². The quantitative estimate of drug-likeness (QED) is 0.842. The van der Waals surface area contributed by atoms with Gasteiger partial charge in [0.05, 0.1) is 0 Å². The number of carbonyl (C=O) groups excluding carboxylic acids is 2. The second kappa shape index (κ2) is 8.80. The first kappa shape index (κ1) is 19.7. The summed E-state index contributed by atoms with van der Waals surface area (Å²) >= 11 is 0. The van der Waals surface area contributed by atoms with Gasteiger partial charge in [0.1, 0.15) is 5.82 Å². The number of nitrogens with one attached hydrogen (secondary N) is 1. The van der Waals surface area contributed by atoms with Gasteiger partial charge in [-0.15, -0.1) is 0 Å². The van der Waals surface area contributed by atoms with E-state index in [0.717, 1.165) is 58.0 Å². The van der Waals surface area contributed by atoms with E-state index in [1.807, 2.05) is 11.0 Å². The molecule has 0 bridgehead atoms. The molecule has 29 heavy (non-hydrogen) atoms. The van der Waals surface area contributed by atoms with Gasteiger partial charge in [0.25, 0.3) is 5.91 Å². The molecule has 0 unspecified atom stereocenters. The molecular weight excluding hydrogens is 364 g/mol. The average molecular weight is 395 g/mol. The minimum atomic E-state index is -0.0415. The van der Waals surface area contributed by atoms with Crippen LogP contribution in [0.1, 0.15) is 54.6 Å². The van der Waals surface area contributed by atoms with Crippen LogP contribution in [0.5, 0.6) is 0 Å². The van der Waals surface area contributed by atoms with E-state index in [1.165, 1.54) is 5.56 Å². The molecule has 2 aliphatic rings. The predicted molar refractivity (Wildman–Crippen MR) is 113 cm³/mol. The van der Waals surface area contributed by atoms with Crippen molar-refractivity contribution < 1.29 is 9.59 Å². The maximum atomic E-state index is 12.9. The number of amides is 2. The molecule has 6 heteroatoms. The minimum Gasteiger partial charge on any atom is -0.337 e. The number of carbonyl (C=O) groups is 2. The Kier molecular flexibility index (Phi) is 5.97. The summed E-state index contributed by atoms with van der Waals surface area (Å²) in [6.07, 6.45) is 7.24. The lowest BCUT2D eigenvalue weighted by molar-refractivity contribution is -0.119. The molecule has 2 amide bonds. The molecule has 1 N–H and O–H groups in total. The number of rotatable bonds is 5. The number of nitrogens with zero attached hydrogens (tertiary/aromatic N) is 3. The van der Waals surface area contributed by atoms with Crippen LogP contribution in [-0.4, -0.2) is 39.6 Å². The molecule has 0 radical (unpaired) electrons. The molecule has 6 nitrogen and oxygen atoms in total. The lowest BCUT2D eigenvalue weighted by atomic mass is 9.90. The molecule has 0 spiro atoms. The van der Waals surface area contributed by atoms with Crippen molar-refractivity contribution in [2.24, 2.45) is 18.9 Å². The molecular formula is C23H30N4O2. The number of likely N-dealkylation sites (tertiary alicyclic amines) is 1. The third-order valence-electron chi connectivity index (χ3n) is 6.35. The first-order chi connectivity index (χ1) is 14.1. The first-order valence-electron chi connectivity index (χ1n) is 10.8. The van der Waals surface area contributed by atoms with Gasteiger partial charge in [0, 0.05) is 32.1 Å². The normalized spacial score (nSPS) is 18.2. The van der Waals surface area contributed by atoms with Crippen LogP contribution in [-0.2, 0) is 18.3 Å². The van der Waals surface area contributed by atoms with Gasteiger partial charge in [0.15, 0.2) is 5.69 Å². The number of aryl methyl sites for hydroxylation is 1. The van der Waals surface area contributed by atoms with Crippen molar-refractivity contribution in [2.75, 3.05) is 18.4 Å². The number of benzene rings is 1. The maximum Gasteiger partial charge on any atom is 0.274 e. The lowest BCUT2D eigenvalue weighted by Gasteiger charge is -2.31. The highest BCUT2D eigenvalue weighted by Gasteiger charge is 2.27. The number of aromatic nitrogens is 2. The number of hydrogen-bond donors (Lipinski definition) is 1. The van der Waals surface area contributed by atoms with Gasteiger partial charge >= 0.3 is 0 Å². The monoisotopic (exact) mass is 394 g/mol. The van der Waals surface area contributed by atoms with Gasteiger partial charge in [0.2, 0.25) is 5.91 Å². The van der Waals surface area contributed by atoms with Gasteiger partial charge in [-0.05, 0) is 43.6 Å². The molecule has 154 valence electrons. The van der Waals surface area contributed by atoms with Crippen LogP contribution in [0.4, 0.5) is 5.82 Å². The van der Waals surface area contributed by atoms with Crippen molar-refractivity contribution in [1.29, 1.82) is 0 Å². The lowest BCUT2D eigenvalue weighted by Crippen LogP contribution is -2.39. The summed E-state index contributed by atoms with van der Waals surface area (Å²) in [5.41, 5.74) is 1.78. The summed E-state index contributed by atoms with van der Waals surface area (Å²) in [6, 6.07) is 12.3. The van der Waals surface area contributed by atoms with E-state index in [-0.39, 0.29) is 17.7 Å². The van der Waals surface area contributed by atoms with E-state index >= 15 is 0 Å². The van der Waals surface area contributed by atoms with Gasteiger partial charge in [-0.2, -0.15) is 5.10 Å². The molecule has 1 aliphatic carbocycles. The van der Waals surface area contributed by atoms with Crippen LogP contribution >= 0.6 is 0 Å². The fourth-order valence-electron chi connectivity index (χ4n) is 4.55. The number of anilines is 1. The summed E-state index contributed by atoms with van der Waals surface area (Å²) in [4.78, 5) is 27.2. The summed E-state index contributed by atoms with van der Waals surface area (Å²) < 4.78 is 1.60. The Morgan fingerprint density at radius 1 is 1.07 bits per heavy atom. The molecule has 2 fully saturated rings. The van der Waals surface area contributed by atoms with Crippen molar-refractivity contribution in [1.82, 2.24) is 14.7 Å². The minimum absolute atomic E-state index is 0.0415. The van der Waals surface area contributed by atoms with E-state index in [4.69, 9.17) is 0 Å². The van der Waals surface area contributed by atoms with Crippen molar-refractivity contribution >= 4 is 17.6 Å². The molecule has 1 aromatic carbocycles. The molecule has 2 heterocycles. The fraction of sp³-hybridized carbons (Fsp3) is 0.522. The van der Waals surface area contributed by atoms with Crippen molar-refractivity contribution in [2.45, 2.75) is 44.9 Å². The summed E-state index contributed by atoms with van der Waals surface area (Å²) in [5.74, 6) is 1.31. The van der Waals surface area contributed by atoms with Gasteiger partial charge < -0.3 is 10.2 Å². The van der Waals surface area contributed by atoms with Gasteiger partial charge in [-0.1, -0.05) is 43.2 Å². The third kappa shape index (κ3) is 4.69. The van der Waals surface area contributed by atoms with Crippen LogP contribution in [0.25, 0.3) is 0 Å². The van der Waals surface area contributed by atoms with Crippen molar-refractivity contribution in [3.63, 3.8) is 0 Å². The topological polar surface area (TPSA) is 67.2 Å². The van der Waals surface area contributed by atoms with E-state index in [2.05, 4.69) is 34.7 Å². The van der Waals surface area contributed by atoms with Crippen LogP contribution in [0.2, 0.25) is 0 Å². The average Bonchev–Trinajstić information content (AvgIpc) is 3.39. The highest BCUT2D eigenvalue weighted by Crippen LogP contribution is 2.27. The Labute approximate surface area is 172 Å². The summed E-state index contributed by atoms with van der Waals surface area (Å²) in [5, 5.41) is 7.32. The standard InChI is InChI=1S/C23H30N4O2/c1-26-21(24-22(28)19-9-5-6-10-19)16-20(25-26)23(29)27-13-11-18(12-14-27)15-17-7-3-2-4-8-17/h2-4,7-8,16,18-19H,5-6,9-15H2,1H3,(H,24,28). The molecule has 0 atom stereocenters. The maximum absolute atomic E-state index is 12.9. The zero-order chi connectivity index (χ0) is 20.2. The Morgan fingerprint density at radius 3 is 2.45 bits per heavy atom. The smallest absolute Gasteiger partial charge is 0.274 e. The molecule has 1 saturated carbocycles. The SMILES string of the molecule is Cn1nc(C(=O)N2CCC(Cc3ccccc3)CC2)cc1NC(=O)C1CCCC1. The van der Waals surface area contributed by atoms with Crippen LogP contribution < -0.4 is 5.32 Å². The summed E-state index contributed by atoms with van der Waals surface area (Å²) in [7, 11) is 1.77.